The average Bonchev–Trinajstić information content (AvgIpc) is 1.88. The largest absolute Gasteiger partial charge is 0.653 e. The van der Waals surface area contributed by atoms with Gasteiger partial charge < -0.3 is 13.6 Å². The number of fused-ring (bicyclic) bond motifs is 1. The summed E-state index contributed by atoms with van der Waals surface area (Å²) in [5.41, 5.74) is 0. The van der Waals surface area contributed by atoms with Crippen molar-refractivity contribution in [1.29, 1.82) is 0 Å². The van der Waals surface area contributed by atoms with Crippen LogP contribution >= 0.6 is 19.4 Å². The van der Waals surface area contributed by atoms with Crippen molar-refractivity contribution in [2.45, 2.75) is 0 Å². The lowest BCUT2D eigenvalue weighted by molar-refractivity contribution is 0.0985. The van der Waals surface area contributed by atoms with Crippen LogP contribution < -0.4 is 0 Å². The number of phosphoric ester groups is 1. The molecular weight excluding hydrogens is 154 g/mol. The third-order valence-electron chi connectivity index (χ3n) is 0.742. The molecule has 3 aliphatic rings. The molecule has 8 heavy (non-hydrogen) atoms. The number of rotatable bonds is 0. The molecule has 0 aliphatic carbocycles. The van der Waals surface area contributed by atoms with E-state index in [4.69, 9.17) is 11.6 Å². The van der Waals surface area contributed by atoms with E-state index in [9.17, 15) is 4.57 Å². The SMILES string of the molecule is O=P12OC(Cl)=C(O1)O2. The Labute approximate surface area is 49.6 Å². The standard InChI is InChI=1S/C2ClO4P/c3-1-2-6-8(4,5-1)7-2. The fraction of sp³-hybridized carbons (Fsp3) is 0. The molecule has 44 valence electrons. The van der Waals surface area contributed by atoms with E-state index in [1.807, 2.05) is 0 Å². The summed E-state index contributed by atoms with van der Waals surface area (Å²) in [6.07, 6.45) is 0. The first-order valence-electron chi connectivity index (χ1n) is 1.78. The third kappa shape index (κ3) is 0.353. The fourth-order valence-corrected chi connectivity index (χ4v) is 1.82. The van der Waals surface area contributed by atoms with Gasteiger partial charge in [-0.15, -0.1) is 0 Å². The molecule has 0 aromatic carbocycles. The summed E-state index contributed by atoms with van der Waals surface area (Å²) in [6, 6.07) is 0. The first kappa shape index (κ1) is 4.53. The third-order valence-corrected chi connectivity index (χ3v) is 2.27. The number of halogens is 1. The summed E-state index contributed by atoms with van der Waals surface area (Å²) in [4.78, 5) is 0. The number of hydrogen-bond acceptors (Lipinski definition) is 4. The maximum atomic E-state index is 10.5. The molecule has 4 nitrogen and oxygen atoms in total. The van der Waals surface area contributed by atoms with Crippen LogP contribution in [0.2, 0.25) is 0 Å². The Morgan fingerprint density at radius 3 is 2.12 bits per heavy atom. The highest BCUT2D eigenvalue weighted by atomic mass is 35.5. The van der Waals surface area contributed by atoms with Gasteiger partial charge in [-0.2, -0.15) is 4.57 Å². The topological polar surface area (TPSA) is 44.8 Å². The molecule has 0 saturated carbocycles. The van der Waals surface area contributed by atoms with Crippen molar-refractivity contribution in [2.75, 3.05) is 0 Å². The zero-order valence-electron chi connectivity index (χ0n) is 3.46. The van der Waals surface area contributed by atoms with E-state index in [1.54, 1.807) is 0 Å². The molecule has 3 rings (SSSR count). The molecule has 0 unspecified atom stereocenters. The Morgan fingerprint density at radius 2 is 2.00 bits per heavy atom. The second-order valence-electron chi connectivity index (χ2n) is 1.28. The molecular formula is C2ClO4P. The fourth-order valence-electron chi connectivity index (χ4n) is 0.454. The molecule has 0 aromatic heterocycles. The molecule has 6 heteroatoms. The van der Waals surface area contributed by atoms with Crippen molar-refractivity contribution in [3.05, 3.63) is 11.2 Å². The van der Waals surface area contributed by atoms with Gasteiger partial charge in [0.15, 0.2) is 0 Å². The highest BCUT2D eigenvalue weighted by molar-refractivity contribution is 7.50. The number of hydrogen-bond donors (Lipinski definition) is 0. The molecule has 0 spiro atoms. The molecule has 0 atom stereocenters. The van der Waals surface area contributed by atoms with E-state index in [1.165, 1.54) is 0 Å². The normalized spacial score (nSPS) is 27.6. The van der Waals surface area contributed by atoms with E-state index >= 15 is 0 Å². The van der Waals surface area contributed by atoms with Gasteiger partial charge in [-0.05, 0) is 11.6 Å². The second-order valence-corrected chi connectivity index (χ2v) is 3.07. The molecule has 2 bridgehead atoms. The Kier molecular flexibility index (Phi) is 0.562. The molecule has 0 N–H and O–H groups in total. The minimum absolute atomic E-state index is 0.0370. The minimum atomic E-state index is -3.16. The Bertz CT molecular complexity index is 208. The summed E-state index contributed by atoms with van der Waals surface area (Å²) in [6.45, 7) is 0. The minimum Gasteiger partial charge on any atom is -0.366 e. The van der Waals surface area contributed by atoms with Gasteiger partial charge >= 0.3 is 13.8 Å². The van der Waals surface area contributed by atoms with Crippen LogP contribution in [0.25, 0.3) is 0 Å². The summed E-state index contributed by atoms with van der Waals surface area (Å²) in [7, 11) is -3.16. The summed E-state index contributed by atoms with van der Waals surface area (Å²) in [5, 5.41) is -0.0478. The van der Waals surface area contributed by atoms with Crippen molar-refractivity contribution < 1.29 is 18.1 Å². The van der Waals surface area contributed by atoms with Crippen molar-refractivity contribution in [3.63, 3.8) is 0 Å². The maximum absolute atomic E-state index is 10.5. The predicted molar refractivity (Wildman–Crippen MR) is 23.7 cm³/mol. The highest BCUT2D eigenvalue weighted by Gasteiger charge is 2.55. The van der Waals surface area contributed by atoms with Crippen molar-refractivity contribution in [3.8, 4) is 0 Å². The summed E-state index contributed by atoms with van der Waals surface area (Å²) in [5.74, 6) is 0.0370. The van der Waals surface area contributed by atoms with Gasteiger partial charge in [0, 0.05) is 0 Å². The van der Waals surface area contributed by atoms with E-state index in [0.29, 0.717) is 0 Å². The zero-order valence-corrected chi connectivity index (χ0v) is 5.11. The van der Waals surface area contributed by atoms with Gasteiger partial charge in [0.05, 0.1) is 0 Å². The van der Waals surface area contributed by atoms with E-state index in [-0.39, 0.29) is 11.2 Å². The van der Waals surface area contributed by atoms with Gasteiger partial charge in [0.2, 0.25) is 0 Å². The van der Waals surface area contributed by atoms with Crippen LogP contribution in [0.4, 0.5) is 0 Å². The van der Waals surface area contributed by atoms with Crippen molar-refractivity contribution in [1.82, 2.24) is 0 Å². The lowest BCUT2D eigenvalue weighted by Gasteiger charge is -2.15. The predicted octanol–water partition coefficient (Wildman–Crippen LogP) is 1.54. The van der Waals surface area contributed by atoms with Crippen LogP contribution in [-0.4, -0.2) is 0 Å². The lowest BCUT2D eigenvalue weighted by atomic mass is 11.0. The van der Waals surface area contributed by atoms with Crippen LogP contribution in [0, 0.1) is 0 Å². The van der Waals surface area contributed by atoms with Crippen LogP contribution in [0.3, 0.4) is 0 Å². The van der Waals surface area contributed by atoms with Crippen LogP contribution in [-0.2, 0) is 18.1 Å². The first-order chi connectivity index (χ1) is 3.70. The monoisotopic (exact) mass is 154 g/mol. The van der Waals surface area contributed by atoms with Gasteiger partial charge in [0.1, 0.15) is 0 Å². The second kappa shape index (κ2) is 0.993. The van der Waals surface area contributed by atoms with Gasteiger partial charge in [-0.25, -0.2) is 0 Å². The molecule has 1 fully saturated rings. The molecule has 0 amide bonds. The highest BCUT2D eigenvalue weighted by Crippen LogP contribution is 2.70. The molecule has 3 aliphatic heterocycles. The Balaban J connectivity index is 2.46. The molecule has 0 aromatic rings. The van der Waals surface area contributed by atoms with Crippen LogP contribution in [0.1, 0.15) is 0 Å². The van der Waals surface area contributed by atoms with Crippen molar-refractivity contribution in [2.24, 2.45) is 0 Å². The molecule has 1 saturated heterocycles. The summed E-state index contributed by atoms with van der Waals surface area (Å²) < 4.78 is 23.7. The molecule has 3 heterocycles. The van der Waals surface area contributed by atoms with Crippen molar-refractivity contribution >= 4 is 19.4 Å². The number of phosphoric acid groups is 1. The van der Waals surface area contributed by atoms with Gasteiger partial charge in [-0.3, -0.25) is 0 Å². The van der Waals surface area contributed by atoms with E-state index < -0.39 is 7.82 Å². The van der Waals surface area contributed by atoms with Crippen LogP contribution in [0.15, 0.2) is 11.2 Å². The maximum Gasteiger partial charge on any atom is 0.653 e. The first-order valence-corrected chi connectivity index (χ1v) is 3.62. The Morgan fingerprint density at radius 1 is 1.38 bits per heavy atom. The lowest BCUT2D eigenvalue weighted by Crippen LogP contribution is -1.99. The smallest absolute Gasteiger partial charge is 0.366 e. The zero-order chi connectivity index (χ0) is 5.78. The summed E-state index contributed by atoms with van der Waals surface area (Å²) >= 11 is 5.23. The molecule has 0 radical (unpaired) electrons. The average molecular weight is 154 g/mol. The van der Waals surface area contributed by atoms with Gasteiger partial charge in [-0.1, -0.05) is 0 Å². The van der Waals surface area contributed by atoms with Gasteiger partial charge in [0.25, 0.3) is 5.22 Å². The Hall–Kier alpha value is -0.340. The van der Waals surface area contributed by atoms with E-state index in [2.05, 4.69) is 13.6 Å². The van der Waals surface area contributed by atoms with Crippen LogP contribution in [0.5, 0.6) is 0 Å². The quantitative estimate of drug-likeness (QED) is 0.497. The van der Waals surface area contributed by atoms with E-state index in [0.717, 1.165) is 0 Å².